The lowest BCUT2D eigenvalue weighted by Gasteiger charge is -2.21. The van der Waals surface area contributed by atoms with Gasteiger partial charge in [0, 0.05) is 5.56 Å². The van der Waals surface area contributed by atoms with Crippen LogP contribution in [0.15, 0.2) is 11.6 Å². The normalized spacial score (nSPS) is 19.5. The first kappa shape index (κ1) is 22.8. The van der Waals surface area contributed by atoms with E-state index in [1.165, 1.54) is 0 Å². The summed E-state index contributed by atoms with van der Waals surface area (Å²) in [6, 6.07) is 0. The zero-order valence-electron chi connectivity index (χ0n) is 17.3. The number of esters is 1. The summed E-state index contributed by atoms with van der Waals surface area (Å²) in [5.41, 5.74) is 3.18. The lowest BCUT2D eigenvalue weighted by Crippen LogP contribution is -2.31. The number of carbonyl (C=O) groups excluding carboxylic acids is 2. The van der Waals surface area contributed by atoms with Crippen LogP contribution in [-0.4, -0.2) is 29.1 Å². The minimum atomic E-state index is -5.11. The zero-order valence-corrected chi connectivity index (χ0v) is 17.3. The summed E-state index contributed by atoms with van der Waals surface area (Å²) in [4.78, 5) is 35.2. The fraction of sp³-hybridized carbons (Fsp3) is 0.500. The third-order valence-corrected chi connectivity index (χ3v) is 6.06. The number of cyclic esters (lactones) is 1. The van der Waals surface area contributed by atoms with Gasteiger partial charge in [0.05, 0.1) is 17.7 Å². The Balaban J connectivity index is 2.09. The van der Waals surface area contributed by atoms with Crippen molar-refractivity contribution in [1.29, 1.82) is 0 Å². The number of carbonyl (C=O) groups is 3. The Hall–Kier alpha value is -2.84. The van der Waals surface area contributed by atoms with Crippen molar-refractivity contribution < 1.29 is 37.4 Å². The number of benzene rings is 1. The summed E-state index contributed by atoms with van der Waals surface area (Å²) in [6.45, 7) is 3.58. The van der Waals surface area contributed by atoms with Gasteiger partial charge in [-0.3, -0.25) is 9.59 Å². The summed E-state index contributed by atoms with van der Waals surface area (Å²) in [5.74, 6) is -3.94. The van der Waals surface area contributed by atoms with E-state index in [2.05, 4.69) is 0 Å². The molecule has 1 fully saturated rings. The number of halogens is 3. The molecule has 2 aliphatic rings. The largest absolute Gasteiger partial charge is 0.481 e. The third-order valence-electron chi connectivity index (χ3n) is 6.06. The van der Waals surface area contributed by atoms with E-state index < -0.39 is 24.0 Å². The van der Waals surface area contributed by atoms with Crippen LogP contribution >= 0.6 is 0 Å². The summed E-state index contributed by atoms with van der Waals surface area (Å²) in [5, 5.41) is 11.0. The maximum absolute atomic E-state index is 13.0. The predicted molar refractivity (Wildman–Crippen MR) is 106 cm³/mol. The maximum Gasteiger partial charge on any atom is 0.471 e. The highest BCUT2D eigenvalue weighted by atomic mass is 19.4. The number of hydrogen-bond acceptors (Lipinski definition) is 4. The summed E-state index contributed by atoms with van der Waals surface area (Å²) in [6.07, 6.45) is -0.299. The van der Waals surface area contributed by atoms with Crippen molar-refractivity contribution in [3.63, 3.8) is 0 Å². The van der Waals surface area contributed by atoms with E-state index in [0.29, 0.717) is 17.5 Å². The molecule has 1 atom stereocenters. The number of carboxylic acid groups (broad SMARTS) is 1. The lowest BCUT2D eigenvalue weighted by atomic mass is 9.87. The number of allylic oxidation sites excluding steroid dienone is 2. The number of carboxylic acids is 1. The van der Waals surface area contributed by atoms with Gasteiger partial charge in [-0.15, -0.1) is 0 Å². The van der Waals surface area contributed by atoms with Gasteiger partial charge in [0.15, 0.2) is 0 Å². The van der Waals surface area contributed by atoms with E-state index in [1.54, 1.807) is 6.92 Å². The number of fused-ring (bicyclic) bond motifs is 1. The van der Waals surface area contributed by atoms with Gasteiger partial charge in [-0.1, -0.05) is 18.6 Å². The van der Waals surface area contributed by atoms with Crippen molar-refractivity contribution in [3.8, 4) is 0 Å². The first-order chi connectivity index (χ1) is 14.5. The number of aliphatic carboxylic acids is 1. The Bertz CT molecular complexity index is 965. The Kier molecular flexibility index (Phi) is 6.43. The second-order valence-electron chi connectivity index (χ2n) is 7.86. The molecule has 0 spiro atoms. The van der Waals surface area contributed by atoms with Crippen LogP contribution in [0, 0.1) is 12.8 Å². The molecule has 1 aliphatic heterocycles. The molecule has 6 nitrogen and oxygen atoms in total. The molecule has 1 unspecified atom stereocenters. The summed E-state index contributed by atoms with van der Waals surface area (Å²) in [7, 11) is 0. The number of amides is 1. The molecule has 1 aliphatic carbocycles. The third kappa shape index (κ3) is 4.60. The second kappa shape index (κ2) is 8.72. The molecule has 0 saturated heterocycles. The number of ether oxygens (including phenoxy) is 1. The van der Waals surface area contributed by atoms with Crippen molar-refractivity contribution >= 4 is 23.5 Å². The standard InChI is InChI=1S/C22H24F3NO5/c1-3-14-11(2)16-10-31-20(29)18(16)19(26-21(30)22(23,24)25)15(14)8-7-12-5-4-6-13(12)9-17(27)28/h7,13H,3-6,8-10H2,1-2H3,(H,26,30)(H,27,28)/b12-7+. The van der Waals surface area contributed by atoms with E-state index in [0.717, 1.165) is 36.0 Å². The van der Waals surface area contributed by atoms with Crippen LogP contribution in [0.4, 0.5) is 18.9 Å². The SMILES string of the molecule is CCc1c(C)c2c(c(NC(=O)C(F)(F)F)c1C/C=C1\CCCC1CC(=O)O)C(=O)OC2. The number of rotatable bonds is 6. The molecule has 0 bridgehead atoms. The second-order valence-corrected chi connectivity index (χ2v) is 7.86. The van der Waals surface area contributed by atoms with Gasteiger partial charge in [-0.05, 0) is 61.6 Å². The monoisotopic (exact) mass is 439 g/mol. The highest BCUT2D eigenvalue weighted by Gasteiger charge is 2.41. The van der Waals surface area contributed by atoms with Gasteiger partial charge in [-0.25, -0.2) is 4.79 Å². The van der Waals surface area contributed by atoms with Gasteiger partial charge in [0.2, 0.25) is 0 Å². The Morgan fingerprint density at radius 3 is 2.61 bits per heavy atom. The van der Waals surface area contributed by atoms with Crippen LogP contribution in [0.5, 0.6) is 0 Å². The number of alkyl halides is 3. The van der Waals surface area contributed by atoms with Crippen molar-refractivity contribution in [2.24, 2.45) is 5.92 Å². The quantitative estimate of drug-likeness (QED) is 0.504. The molecular formula is C22H24F3NO5. The minimum Gasteiger partial charge on any atom is -0.481 e. The van der Waals surface area contributed by atoms with Gasteiger partial charge in [-0.2, -0.15) is 13.2 Å². The Morgan fingerprint density at radius 1 is 1.29 bits per heavy atom. The van der Waals surface area contributed by atoms with E-state index in [1.807, 2.05) is 18.3 Å². The van der Waals surface area contributed by atoms with E-state index >= 15 is 0 Å². The molecule has 2 N–H and O–H groups in total. The van der Waals surface area contributed by atoms with Gasteiger partial charge >= 0.3 is 24.0 Å². The highest BCUT2D eigenvalue weighted by Crippen LogP contribution is 2.39. The molecule has 1 aromatic rings. The molecule has 3 rings (SSSR count). The molecule has 1 amide bonds. The van der Waals surface area contributed by atoms with E-state index in [4.69, 9.17) is 9.84 Å². The number of nitrogens with one attached hydrogen (secondary N) is 1. The number of anilines is 1. The highest BCUT2D eigenvalue weighted by molar-refractivity contribution is 6.06. The van der Waals surface area contributed by atoms with Crippen molar-refractivity contribution in [2.75, 3.05) is 5.32 Å². The molecule has 1 heterocycles. The minimum absolute atomic E-state index is 0.000321. The summed E-state index contributed by atoms with van der Waals surface area (Å²) >= 11 is 0. The number of hydrogen-bond donors (Lipinski definition) is 2. The lowest BCUT2D eigenvalue weighted by molar-refractivity contribution is -0.167. The average molecular weight is 439 g/mol. The van der Waals surface area contributed by atoms with Crippen LogP contribution in [0.2, 0.25) is 0 Å². The van der Waals surface area contributed by atoms with Crippen LogP contribution in [0.25, 0.3) is 0 Å². The van der Waals surface area contributed by atoms with Crippen molar-refractivity contribution in [3.05, 3.63) is 39.5 Å². The van der Waals surface area contributed by atoms with Crippen LogP contribution in [-0.2, 0) is 33.8 Å². The molecule has 1 aromatic carbocycles. The first-order valence-electron chi connectivity index (χ1n) is 10.2. The van der Waals surface area contributed by atoms with Crippen LogP contribution in [0.1, 0.15) is 65.2 Å². The van der Waals surface area contributed by atoms with Gasteiger partial charge in [0.1, 0.15) is 6.61 Å². The summed E-state index contributed by atoms with van der Waals surface area (Å²) < 4.78 is 44.0. The van der Waals surface area contributed by atoms with Gasteiger partial charge in [0.25, 0.3) is 0 Å². The molecule has 168 valence electrons. The maximum atomic E-state index is 13.0. The Morgan fingerprint density at radius 2 is 2.00 bits per heavy atom. The zero-order chi connectivity index (χ0) is 22.9. The molecular weight excluding hydrogens is 415 g/mol. The van der Waals surface area contributed by atoms with Crippen LogP contribution < -0.4 is 5.32 Å². The van der Waals surface area contributed by atoms with E-state index in [-0.39, 0.29) is 36.6 Å². The molecule has 0 radical (unpaired) electrons. The molecule has 1 saturated carbocycles. The van der Waals surface area contributed by atoms with E-state index in [9.17, 15) is 27.6 Å². The molecule has 0 aromatic heterocycles. The fourth-order valence-corrected chi connectivity index (χ4v) is 4.58. The van der Waals surface area contributed by atoms with Gasteiger partial charge < -0.3 is 15.2 Å². The smallest absolute Gasteiger partial charge is 0.471 e. The molecule has 9 heteroatoms. The topological polar surface area (TPSA) is 92.7 Å². The molecule has 31 heavy (non-hydrogen) atoms. The van der Waals surface area contributed by atoms with Crippen molar-refractivity contribution in [1.82, 2.24) is 0 Å². The first-order valence-corrected chi connectivity index (χ1v) is 10.2. The van der Waals surface area contributed by atoms with Crippen molar-refractivity contribution in [2.45, 2.75) is 65.2 Å². The fourth-order valence-electron chi connectivity index (χ4n) is 4.58. The average Bonchev–Trinajstić information content (AvgIpc) is 3.27. The predicted octanol–water partition coefficient (Wildman–Crippen LogP) is 4.47. The van der Waals surface area contributed by atoms with Crippen LogP contribution in [0.3, 0.4) is 0 Å². The Labute approximate surface area is 177 Å².